The van der Waals surface area contributed by atoms with Gasteiger partial charge in [0.1, 0.15) is 11.6 Å². The first kappa shape index (κ1) is 18.6. The van der Waals surface area contributed by atoms with Crippen LogP contribution in [0.15, 0.2) is 39.8 Å². The first-order valence-corrected chi connectivity index (χ1v) is 8.73. The fourth-order valence-corrected chi connectivity index (χ4v) is 2.76. The van der Waals surface area contributed by atoms with Crippen LogP contribution in [-0.4, -0.2) is 31.6 Å². The van der Waals surface area contributed by atoms with Crippen LogP contribution < -0.4 is 5.56 Å². The Kier molecular flexibility index (Phi) is 6.03. The molecule has 0 radical (unpaired) electrons. The second-order valence-corrected chi connectivity index (χ2v) is 6.47. The van der Waals surface area contributed by atoms with E-state index in [4.69, 9.17) is 32.8 Å². The number of aliphatic hydroxyl groups excluding tert-OH is 1. The molecule has 3 aromatic rings. The summed E-state index contributed by atoms with van der Waals surface area (Å²) in [5.74, 6) is 0.822. The van der Waals surface area contributed by atoms with Crippen LogP contribution in [0.2, 0.25) is 10.0 Å². The standard InChI is InChI=1S/C17H16Cl2N4O3/c18-13-4-1-11(2-5-13)3-6-14-21-15(26-22-14)10-23-17(25)16(19)12(7-8-24)9-20-23/h1-2,4-5,9,24H,3,6-8,10H2. The van der Waals surface area contributed by atoms with E-state index in [0.717, 1.165) is 16.7 Å². The molecule has 26 heavy (non-hydrogen) atoms. The van der Waals surface area contributed by atoms with E-state index in [2.05, 4.69) is 15.2 Å². The molecule has 136 valence electrons. The van der Waals surface area contributed by atoms with Gasteiger partial charge in [-0.05, 0) is 36.1 Å². The van der Waals surface area contributed by atoms with E-state index in [1.54, 1.807) is 0 Å². The number of aliphatic hydroxyl groups is 1. The lowest BCUT2D eigenvalue weighted by Crippen LogP contribution is -2.25. The van der Waals surface area contributed by atoms with Crippen molar-refractivity contribution in [2.24, 2.45) is 0 Å². The van der Waals surface area contributed by atoms with Crippen molar-refractivity contribution in [3.63, 3.8) is 0 Å². The lowest BCUT2D eigenvalue weighted by molar-refractivity contribution is 0.299. The average Bonchev–Trinajstić information content (AvgIpc) is 3.08. The first-order valence-electron chi connectivity index (χ1n) is 7.98. The van der Waals surface area contributed by atoms with Crippen LogP contribution in [-0.2, 0) is 25.8 Å². The van der Waals surface area contributed by atoms with Crippen LogP contribution in [0, 0.1) is 0 Å². The zero-order chi connectivity index (χ0) is 18.5. The van der Waals surface area contributed by atoms with Crippen molar-refractivity contribution in [3.8, 4) is 0 Å². The maximum Gasteiger partial charge on any atom is 0.286 e. The molecule has 0 saturated carbocycles. The smallest absolute Gasteiger partial charge is 0.286 e. The van der Waals surface area contributed by atoms with Crippen molar-refractivity contribution in [1.29, 1.82) is 0 Å². The summed E-state index contributed by atoms with van der Waals surface area (Å²) in [5, 5.41) is 17.6. The third-order valence-electron chi connectivity index (χ3n) is 3.78. The molecule has 2 heterocycles. The zero-order valence-electron chi connectivity index (χ0n) is 13.7. The van der Waals surface area contributed by atoms with Crippen LogP contribution in [0.4, 0.5) is 0 Å². The lowest BCUT2D eigenvalue weighted by Gasteiger charge is -2.05. The van der Waals surface area contributed by atoms with Gasteiger partial charge in [0.05, 0.1) is 6.20 Å². The Balaban J connectivity index is 1.66. The summed E-state index contributed by atoms with van der Waals surface area (Å²) in [5.41, 5.74) is 1.16. The third-order valence-corrected chi connectivity index (χ3v) is 4.44. The highest BCUT2D eigenvalue weighted by Crippen LogP contribution is 2.12. The van der Waals surface area contributed by atoms with Crippen molar-refractivity contribution in [3.05, 3.63) is 73.7 Å². The summed E-state index contributed by atoms with van der Waals surface area (Å²) in [6.45, 7) is -0.0720. The maximum atomic E-state index is 12.2. The summed E-state index contributed by atoms with van der Waals surface area (Å²) >= 11 is 11.9. The maximum absolute atomic E-state index is 12.2. The summed E-state index contributed by atoms with van der Waals surface area (Å²) in [6.07, 6.45) is 3.08. The number of hydrogen-bond acceptors (Lipinski definition) is 6. The van der Waals surface area contributed by atoms with E-state index < -0.39 is 5.56 Å². The van der Waals surface area contributed by atoms with E-state index in [-0.39, 0.29) is 30.5 Å². The Morgan fingerprint density at radius 2 is 1.88 bits per heavy atom. The topological polar surface area (TPSA) is 94.0 Å². The number of halogens is 2. The predicted octanol–water partition coefficient (Wildman–Crippen LogP) is 2.30. The molecule has 1 N–H and O–H groups in total. The fourth-order valence-electron chi connectivity index (χ4n) is 2.40. The number of benzene rings is 1. The molecule has 1 aromatic carbocycles. The van der Waals surface area contributed by atoms with Crippen molar-refractivity contribution < 1.29 is 9.63 Å². The number of hydrogen-bond donors (Lipinski definition) is 1. The molecule has 0 aliphatic heterocycles. The van der Waals surface area contributed by atoms with E-state index in [1.807, 2.05) is 24.3 Å². The van der Waals surface area contributed by atoms with Crippen molar-refractivity contribution in [2.45, 2.75) is 25.8 Å². The molecule has 0 saturated heterocycles. The molecule has 0 fully saturated rings. The highest BCUT2D eigenvalue weighted by molar-refractivity contribution is 6.31. The fraction of sp³-hybridized carbons (Fsp3) is 0.294. The molecule has 0 aliphatic carbocycles. The molecular formula is C17H16Cl2N4O3. The normalized spacial score (nSPS) is 11.0. The molecule has 7 nitrogen and oxygen atoms in total. The monoisotopic (exact) mass is 394 g/mol. The molecule has 0 unspecified atom stereocenters. The Hall–Kier alpha value is -2.22. The van der Waals surface area contributed by atoms with Crippen molar-refractivity contribution >= 4 is 23.2 Å². The van der Waals surface area contributed by atoms with Crippen molar-refractivity contribution in [2.75, 3.05) is 6.61 Å². The predicted molar refractivity (Wildman–Crippen MR) is 96.6 cm³/mol. The van der Waals surface area contributed by atoms with E-state index in [1.165, 1.54) is 6.20 Å². The van der Waals surface area contributed by atoms with E-state index in [9.17, 15) is 4.79 Å². The Bertz CT molecular complexity index is 938. The molecule has 0 amide bonds. The quantitative estimate of drug-likeness (QED) is 0.660. The number of aromatic nitrogens is 4. The summed E-state index contributed by atoms with van der Waals surface area (Å²) in [6, 6.07) is 7.56. The Labute approximate surface area is 159 Å². The summed E-state index contributed by atoms with van der Waals surface area (Å²) < 4.78 is 6.34. The molecular weight excluding hydrogens is 379 g/mol. The minimum atomic E-state index is -0.460. The summed E-state index contributed by atoms with van der Waals surface area (Å²) in [7, 11) is 0. The van der Waals surface area contributed by atoms with Gasteiger partial charge in [0, 0.05) is 18.1 Å². The average molecular weight is 395 g/mol. The Morgan fingerprint density at radius 3 is 2.62 bits per heavy atom. The van der Waals surface area contributed by atoms with Gasteiger partial charge >= 0.3 is 0 Å². The molecule has 3 rings (SSSR count). The number of nitrogens with zero attached hydrogens (tertiary/aromatic N) is 4. The highest BCUT2D eigenvalue weighted by atomic mass is 35.5. The molecule has 0 spiro atoms. The second-order valence-electron chi connectivity index (χ2n) is 5.65. The minimum absolute atomic E-state index is 0.0336. The van der Waals surface area contributed by atoms with Gasteiger partial charge < -0.3 is 9.63 Å². The van der Waals surface area contributed by atoms with Crippen LogP contribution in [0.3, 0.4) is 0 Å². The van der Waals surface area contributed by atoms with Crippen molar-refractivity contribution in [1.82, 2.24) is 19.9 Å². The largest absolute Gasteiger partial charge is 0.396 e. The summed E-state index contributed by atoms with van der Waals surface area (Å²) in [4.78, 5) is 16.5. The van der Waals surface area contributed by atoms with Gasteiger partial charge in [-0.2, -0.15) is 10.1 Å². The number of aryl methyl sites for hydroxylation is 2. The second kappa shape index (κ2) is 8.44. The highest BCUT2D eigenvalue weighted by Gasteiger charge is 2.13. The Morgan fingerprint density at radius 1 is 1.12 bits per heavy atom. The van der Waals surface area contributed by atoms with E-state index >= 15 is 0 Å². The SMILES string of the molecule is O=c1c(Cl)c(CCO)cnn1Cc1nc(CCc2ccc(Cl)cc2)no1. The molecule has 0 aliphatic rings. The van der Waals surface area contributed by atoms with E-state index in [0.29, 0.717) is 22.8 Å². The van der Waals surface area contributed by atoms with Gasteiger partial charge in [-0.3, -0.25) is 4.79 Å². The number of rotatable bonds is 7. The first-order chi connectivity index (χ1) is 12.6. The lowest BCUT2D eigenvalue weighted by atomic mass is 10.1. The van der Waals surface area contributed by atoms with Crippen LogP contribution in [0.5, 0.6) is 0 Å². The van der Waals surface area contributed by atoms with Gasteiger partial charge in [0.25, 0.3) is 5.56 Å². The molecule has 9 heteroatoms. The zero-order valence-corrected chi connectivity index (χ0v) is 15.2. The molecule has 2 aromatic heterocycles. The molecule has 0 bridgehead atoms. The van der Waals surface area contributed by atoms with Gasteiger partial charge in [0.15, 0.2) is 5.82 Å². The third kappa shape index (κ3) is 4.49. The molecule has 0 atom stereocenters. The van der Waals surface area contributed by atoms with Crippen LogP contribution >= 0.6 is 23.2 Å². The van der Waals surface area contributed by atoms with Crippen LogP contribution in [0.1, 0.15) is 22.8 Å². The minimum Gasteiger partial charge on any atom is -0.396 e. The van der Waals surface area contributed by atoms with Gasteiger partial charge in [-0.25, -0.2) is 4.68 Å². The van der Waals surface area contributed by atoms with Gasteiger partial charge in [-0.15, -0.1) is 0 Å². The van der Waals surface area contributed by atoms with Crippen LogP contribution in [0.25, 0.3) is 0 Å². The van der Waals surface area contributed by atoms with Gasteiger partial charge in [-0.1, -0.05) is 40.5 Å². The van der Waals surface area contributed by atoms with Gasteiger partial charge in [0.2, 0.25) is 5.89 Å².